The van der Waals surface area contributed by atoms with Crippen molar-refractivity contribution in [2.45, 2.75) is 31.9 Å². The van der Waals surface area contributed by atoms with E-state index in [1.807, 2.05) is 22.1 Å². The first-order valence-corrected chi connectivity index (χ1v) is 8.60. The summed E-state index contributed by atoms with van der Waals surface area (Å²) in [6.45, 7) is 1.90. The van der Waals surface area contributed by atoms with Crippen molar-refractivity contribution < 1.29 is 9.53 Å². The Balaban J connectivity index is 1.56. The Morgan fingerprint density at radius 3 is 3.27 bits per heavy atom. The number of thiophene rings is 1. The molecule has 0 spiro atoms. The molecule has 0 aromatic carbocycles. The maximum atomic E-state index is 12.0. The van der Waals surface area contributed by atoms with Gasteiger partial charge in [0.15, 0.2) is 10.6 Å². The molecule has 2 aromatic heterocycles. The monoisotopic (exact) mass is 338 g/mol. The standard InChI is InChI=1S/C14H18N4O2S2/c19-12(15-9-10-3-1-7-20-10)5-6-18-13(16-17-14(18)21)11-4-2-8-22-11/h2,4,8,10H,1,3,5-7,9H2,(H,15,19)(H,17,21)/t10-/m0/s1. The predicted molar refractivity (Wildman–Crippen MR) is 87.3 cm³/mol. The second-order valence-electron chi connectivity index (χ2n) is 5.17. The van der Waals surface area contributed by atoms with E-state index in [1.165, 1.54) is 0 Å². The van der Waals surface area contributed by atoms with Gasteiger partial charge in [0.2, 0.25) is 5.91 Å². The first-order valence-electron chi connectivity index (χ1n) is 7.31. The molecule has 1 aliphatic heterocycles. The van der Waals surface area contributed by atoms with Gasteiger partial charge in [0.05, 0.1) is 11.0 Å². The molecular formula is C14H18N4O2S2. The van der Waals surface area contributed by atoms with E-state index in [2.05, 4.69) is 15.5 Å². The summed E-state index contributed by atoms with van der Waals surface area (Å²) in [5, 5.41) is 12.0. The van der Waals surface area contributed by atoms with Crippen LogP contribution in [-0.2, 0) is 16.1 Å². The van der Waals surface area contributed by atoms with Gasteiger partial charge in [0, 0.05) is 26.1 Å². The van der Waals surface area contributed by atoms with Crippen LogP contribution in [0.5, 0.6) is 0 Å². The number of hydrogen-bond donors (Lipinski definition) is 2. The lowest BCUT2D eigenvalue weighted by Crippen LogP contribution is -2.32. The first-order chi connectivity index (χ1) is 10.7. The number of carbonyl (C=O) groups is 1. The van der Waals surface area contributed by atoms with Crippen LogP contribution in [0.15, 0.2) is 17.5 Å². The van der Waals surface area contributed by atoms with E-state index in [1.54, 1.807) is 11.3 Å². The number of ether oxygens (including phenoxy) is 1. The van der Waals surface area contributed by atoms with Gasteiger partial charge in [0.1, 0.15) is 0 Å². The Bertz CT molecular complexity index is 671. The fourth-order valence-corrected chi connectivity index (χ4v) is 3.40. The van der Waals surface area contributed by atoms with Gasteiger partial charge in [0.25, 0.3) is 0 Å². The molecule has 1 atom stereocenters. The van der Waals surface area contributed by atoms with Crippen molar-refractivity contribution in [3.8, 4) is 10.7 Å². The molecule has 1 fully saturated rings. The third-order valence-corrected chi connectivity index (χ3v) is 4.79. The van der Waals surface area contributed by atoms with E-state index < -0.39 is 0 Å². The number of carbonyl (C=O) groups excluding carboxylic acids is 1. The summed E-state index contributed by atoms with van der Waals surface area (Å²) < 4.78 is 7.90. The number of amides is 1. The molecule has 0 radical (unpaired) electrons. The molecule has 0 saturated carbocycles. The topological polar surface area (TPSA) is 71.9 Å². The summed E-state index contributed by atoms with van der Waals surface area (Å²) in [6.07, 6.45) is 2.64. The molecule has 0 aliphatic carbocycles. The molecule has 118 valence electrons. The van der Waals surface area contributed by atoms with Crippen LogP contribution in [0.1, 0.15) is 19.3 Å². The fourth-order valence-electron chi connectivity index (χ4n) is 2.45. The number of nitrogens with one attached hydrogen (secondary N) is 2. The SMILES string of the molecule is O=C(CCn1c(-c2cccs2)n[nH]c1=S)NC[C@@H]1CCCO1. The molecule has 3 rings (SSSR count). The Morgan fingerprint density at radius 1 is 1.64 bits per heavy atom. The summed E-state index contributed by atoms with van der Waals surface area (Å²) in [6, 6.07) is 3.96. The molecule has 1 aliphatic rings. The average molecular weight is 338 g/mol. The lowest BCUT2D eigenvalue weighted by molar-refractivity contribution is -0.121. The molecular weight excluding hydrogens is 320 g/mol. The first kappa shape index (κ1) is 15.4. The van der Waals surface area contributed by atoms with Crippen molar-refractivity contribution in [1.29, 1.82) is 0 Å². The maximum Gasteiger partial charge on any atom is 0.221 e. The van der Waals surface area contributed by atoms with E-state index in [0.29, 0.717) is 24.3 Å². The summed E-state index contributed by atoms with van der Waals surface area (Å²) >= 11 is 6.85. The highest BCUT2D eigenvalue weighted by Gasteiger charge is 2.16. The van der Waals surface area contributed by atoms with Gasteiger partial charge >= 0.3 is 0 Å². The minimum absolute atomic E-state index is 0.00993. The van der Waals surface area contributed by atoms with Crippen LogP contribution in [-0.4, -0.2) is 39.9 Å². The number of aromatic amines is 1. The normalized spacial score (nSPS) is 17.7. The van der Waals surface area contributed by atoms with Crippen LogP contribution < -0.4 is 5.32 Å². The summed E-state index contributed by atoms with van der Waals surface area (Å²) in [7, 11) is 0. The Labute approximate surface area is 137 Å². The van der Waals surface area contributed by atoms with Crippen LogP contribution in [0.3, 0.4) is 0 Å². The molecule has 2 N–H and O–H groups in total. The zero-order valence-corrected chi connectivity index (χ0v) is 13.7. The van der Waals surface area contributed by atoms with Gasteiger partial charge in [-0.3, -0.25) is 14.5 Å². The Morgan fingerprint density at radius 2 is 2.55 bits per heavy atom. The zero-order valence-electron chi connectivity index (χ0n) is 12.1. The van der Waals surface area contributed by atoms with Crippen molar-refractivity contribution in [1.82, 2.24) is 20.1 Å². The fraction of sp³-hybridized carbons (Fsp3) is 0.500. The minimum Gasteiger partial charge on any atom is -0.376 e. The molecule has 22 heavy (non-hydrogen) atoms. The lowest BCUT2D eigenvalue weighted by Gasteiger charge is -2.11. The molecule has 1 saturated heterocycles. The maximum absolute atomic E-state index is 12.0. The number of aromatic nitrogens is 3. The number of H-pyrrole nitrogens is 1. The highest BCUT2D eigenvalue weighted by molar-refractivity contribution is 7.71. The van der Waals surface area contributed by atoms with Crippen LogP contribution in [0, 0.1) is 4.77 Å². The quantitative estimate of drug-likeness (QED) is 0.793. The molecule has 0 bridgehead atoms. The highest BCUT2D eigenvalue weighted by atomic mass is 32.1. The summed E-state index contributed by atoms with van der Waals surface area (Å²) in [5.41, 5.74) is 0. The predicted octanol–water partition coefficient (Wildman–Crippen LogP) is 2.35. The lowest BCUT2D eigenvalue weighted by atomic mass is 10.2. The average Bonchev–Trinajstić information content (AvgIpc) is 3.25. The Kier molecular flexibility index (Phi) is 5.01. The highest BCUT2D eigenvalue weighted by Crippen LogP contribution is 2.22. The zero-order chi connectivity index (χ0) is 15.4. The van der Waals surface area contributed by atoms with E-state index in [9.17, 15) is 4.79 Å². The van der Waals surface area contributed by atoms with E-state index in [4.69, 9.17) is 17.0 Å². The third kappa shape index (κ3) is 3.63. The van der Waals surface area contributed by atoms with E-state index in [-0.39, 0.29) is 12.0 Å². The molecule has 0 unspecified atom stereocenters. The second-order valence-corrected chi connectivity index (χ2v) is 6.50. The van der Waals surface area contributed by atoms with Gasteiger partial charge in [-0.25, -0.2) is 0 Å². The van der Waals surface area contributed by atoms with Crippen LogP contribution in [0.25, 0.3) is 10.7 Å². The Hall–Kier alpha value is -1.51. The number of rotatable bonds is 6. The van der Waals surface area contributed by atoms with Gasteiger partial charge in [-0.1, -0.05) is 6.07 Å². The van der Waals surface area contributed by atoms with Crippen molar-refractivity contribution in [2.24, 2.45) is 0 Å². The van der Waals surface area contributed by atoms with E-state index >= 15 is 0 Å². The van der Waals surface area contributed by atoms with E-state index in [0.717, 1.165) is 30.2 Å². The minimum atomic E-state index is 0.00993. The molecule has 3 heterocycles. The van der Waals surface area contributed by atoms with Gasteiger partial charge in [-0.05, 0) is 36.5 Å². The number of hydrogen-bond acceptors (Lipinski definition) is 5. The molecule has 8 heteroatoms. The molecule has 2 aromatic rings. The number of nitrogens with zero attached hydrogens (tertiary/aromatic N) is 2. The van der Waals surface area contributed by atoms with Gasteiger partial charge < -0.3 is 10.1 Å². The summed E-state index contributed by atoms with van der Waals surface area (Å²) in [5.74, 6) is 0.794. The smallest absolute Gasteiger partial charge is 0.221 e. The third-order valence-electron chi connectivity index (χ3n) is 3.61. The van der Waals surface area contributed by atoms with Crippen LogP contribution in [0.2, 0.25) is 0 Å². The van der Waals surface area contributed by atoms with Crippen molar-refractivity contribution in [3.05, 3.63) is 22.3 Å². The van der Waals surface area contributed by atoms with Crippen molar-refractivity contribution in [3.63, 3.8) is 0 Å². The van der Waals surface area contributed by atoms with Crippen molar-refractivity contribution >= 4 is 29.5 Å². The second kappa shape index (κ2) is 7.17. The van der Waals surface area contributed by atoms with Crippen LogP contribution in [0.4, 0.5) is 0 Å². The molecule has 6 nitrogen and oxygen atoms in total. The van der Waals surface area contributed by atoms with Gasteiger partial charge in [-0.15, -0.1) is 11.3 Å². The van der Waals surface area contributed by atoms with Crippen molar-refractivity contribution in [2.75, 3.05) is 13.2 Å². The molecule has 1 amide bonds. The van der Waals surface area contributed by atoms with Gasteiger partial charge in [-0.2, -0.15) is 5.10 Å². The largest absolute Gasteiger partial charge is 0.376 e. The summed E-state index contributed by atoms with van der Waals surface area (Å²) in [4.78, 5) is 13.0. The van der Waals surface area contributed by atoms with Crippen LogP contribution >= 0.6 is 23.6 Å².